The lowest BCUT2D eigenvalue weighted by atomic mass is 10.3. The monoisotopic (exact) mass is 356 g/mol. The van der Waals surface area contributed by atoms with Crippen LogP contribution < -0.4 is 4.74 Å². The molecule has 1 heterocycles. The van der Waals surface area contributed by atoms with Crippen LogP contribution in [0.1, 0.15) is 5.01 Å². The molecule has 9 heteroatoms. The van der Waals surface area contributed by atoms with Gasteiger partial charge >= 0.3 is 6.18 Å². The maximum absolute atomic E-state index is 12.3. The molecule has 24 heavy (non-hydrogen) atoms. The van der Waals surface area contributed by atoms with Crippen LogP contribution in [-0.2, 0) is 6.18 Å². The molecule has 3 rings (SSSR count). The van der Waals surface area contributed by atoms with Crippen LogP contribution in [0.4, 0.5) is 18.9 Å². The number of para-hydroxylation sites is 1. The maximum Gasteiger partial charge on any atom is 0.443 e. The number of non-ortho nitro benzene ring substituents is 1. The number of hydrogen-bond donors (Lipinski definition) is 0. The average molecular weight is 356 g/mol. The van der Waals surface area contributed by atoms with Gasteiger partial charge in [0.25, 0.3) is 5.69 Å². The van der Waals surface area contributed by atoms with Crippen LogP contribution in [0.15, 0.2) is 48.5 Å². The molecule has 0 aliphatic heterocycles. The number of nitro benzene ring substituents is 1. The van der Waals surface area contributed by atoms with Crippen LogP contribution in [0.5, 0.6) is 5.75 Å². The summed E-state index contributed by atoms with van der Waals surface area (Å²) in [5.74, 6) is 0.528. The number of rotatable bonds is 2. The SMILES string of the molecule is COc1ccc2nc(C(F)(F)F)sc2c1.O=[N+]([O-])c1ccccc1. The molecule has 5 nitrogen and oxygen atoms in total. The Kier molecular flexibility index (Phi) is 5.35. The van der Waals surface area contributed by atoms with E-state index in [9.17, 15) is 23.3 Å². The summed E-state index contributed by atoms with van der Waals surface area (Å²) in [6, 6.07) is 12.6. The van der Waals surface area contributed by atoms with Gasteiger partial charge in [0.1, 0.15) is 5.75 Å². The number of alkyl halides is 3. The summed E-state index contributed by atoms with van der Waals surface area (Å²) in [7, 11) is 1.47. The Balaban J connectivity index is 0.000000198. The van der Waals surface area contributed by atoms with E-state index in [-0.39, 0.29) is 5.69 Å². The van der Waals surface area contributed by atoms with Gasteiger partial charge < -0.3 is 4.74 Å². The molecule has 0 fully saturated rings. The summed E-state index contributed by atoms with van der Waals surface area (Å²) in [6.07, 6.45) is -4.38. The number of halogens is 3. The third kappa shape index (κ3) is 4.42. The van der Waals surface area contributed by atoms with Crippen molar-refractivity contribution in [2.24, 2.45) is 0 Å². The Morgan fingerprint density at radius 3 is 2.33 bits per heavy atom. The normalized spacial score (nSPS) is 10.8. The molecule has 0 aliphatic rings. The van der Waals surface area contributed by atoms with Crippen molar-refractivity contribution >= 4 is 27.2 Å². The zero-order valence-electron chi connectivity index (χ0n) is 12.3. The summed E-state index contributed by atoms with van der Waals surface area (Å²) >= 11 is 0.618. The van der Waals surface area contributed by atoms with Crippen molar-refractivity contribution < 1.29 is 22.8 Å². The highest BCUT2D eigenvalue weighted by molar-refractivity contribution is 7.18. The molecule has 0 amide bonds. The molecule has 0 saturated heterocycles. The summed E-state index contributed by atoms with van der Waals surface area (Å²) < 4.78 is 42.4. The standard InChI is InChI=1S/C9H6F3NOS.C6H5NO2/c1-14-5-2-3-6-7(4-5)15-8(13-6)9(10,11)12;8-7(9)6-4-2-1-3-5-6/h2-4H,1H3;1-5H. The number of nitro groups is 1. The minimum atomic E-state index is -4.38. The van der Waals surface area contributed by atoms with Gasteiger partial charge in [0.05, 0.1) is 22.2 Å². The smallest absolute Gasteiger partial charge is 0.443 e. The summed E-state index contributed by atoms with van der Waals surface area (Å²) in [5, 5.41) is 9.18. The lowest BCUT2D eigenvalue weighted by Crippen LogP contribution is -2.03. The number of benzene rings is 2. The van der Waals surface area contributed by atoms with E-state index < -0.39 is 16.1 Å². The van der Waals surface area contributed by atoms with Crippen LogP contribution in [0.3, 0.4) is 0 Å². The first-order valence-electron chi connectivity index (χ1n) is 6.52. The number of hydrogen-bond acceptors (Lipinski definition) is 5. The first-order valence-corrected chi connectivity index (χ1v) is 7.34. The van der Waals surface area contributed by atoms with Crippen molar-refractivity contribution in [2.45, 2.75) is 6.18 Å². The predicted octanol–water partition coefficient (Wildman–Crippen LogP) is 4.92. The highest BCUT2D eigenvalue weighted by Crippen LogP contribution is 2.36. The van der Waals surface area contributed by atoms with Gasteiger partial charge in [-0.1, -0.05) is 18.2 Å². The molecular weight excluding hydrogens is 345 g/mol. The molecule has 0 unspecified atom stereocenters. The Bertz CT molecular complexity index is 835. The van der Waals surface area contributed by atoms with Gasteiger partial charge in [0.15, 0.2) is 5.01 Å². The van der Waals surface area contributed by atoms with E-state index in [1.807, 2.05) is 0 Å². The van der Waals surface area contributed by atoms with Crippen LogP contribution in [-0.4, -0.2) is 17.0 Å². The van der Waals surface area contributed by atoms with Crippen molar-refractivity contribution in [1.82, 2.24) is 4.98 Å². The minimum Gasteiger partial charge on any atom is -0.497 e. The predicted molar refractivity (Wildman–Crippen MR) is 84.3 cm³/mol. The van der Waals surface area contributed by atoms with Crippen LogP contribution in [0, 0.1) is 10.1 Å². The zero-order valence-corrected chi connectivity index (χ0v) is 13.1. The Morgan fingerprint density at radius 1 is 1.17 bits per heavy atom. The second-order valence-corrected chi connectivity index (χ2v) is 5.47. The van der Waals surface area contributed by atoms with E-state index in [0.29, 0.717) is 27.3 Å². The molecule has 0 bridgehead atoms. The van der Waals surface area contributed by atoms with E-state index in [0.717, 1.165) is 0 Å². The van der Waals surface area contributed by atoms with E-state index in [2.05, 4.69) is 4.98 Å². The molecule has 0 aliphatic carbocycles. The number of fused-ring (bicyclic) bond motifs is 1. The third-order valence-electron chi connectivity index (χ3n) is 2.81. The van der Waals surface area contributed by atoms with Crippen LogP contribution >= 0.6 is 11.3 Å². The van der Waals surface area contributed by atoms with E-state index in [1.165, 1.54) is 25.3 Å². The Labute approximate surface area is 138 Å². The first kappa shape index (κ1) is 17.7. The lowest BCUT2D eigenvalue weighted by Gasteiger charge is -1.98. The molecule has 0 radical (unpaired) electrons. The van der Waals surface area contributed by atoms with Crippen molar-refractivity contribution in [3.05, 3.63) is 63.7 Å². The number of ether oxygens (including phenoxy) is 1. The van der Waals surface area contributed by atoms with E-state index in [4.69, 9.17) is 4.74 Å². The van der Waals surface area contributed by atoms with E-state index in [1.54, 1.807) is 30.3 Å². The highest BCUT2D eigenvalue weighted by atomic mass is 32.1. The summed E-state index contributed by atoms with van der Waals surface area (Å²) in [4.78, 5) is 13.1. The fourth-order valence-electron chi connectivity index (χ4n) is 1.70. The molecule has 1 aromatic heterocycles. The molecule has 3 aromatic rings. The second-order valence-electron chi connectivity index (χ2n) is 4.44. The van der Waals surface area contributed by atoms with Gasteiger partial charge in [-0.3, -0.25) is 10.1 Å². The van der Waals surface area contributed by atoms with Gasteiger partial charge in [0.2, 0.25) is 0 Å². The topological polar surface area (TPSA) is 65.3 Å². The van der Waals surface area contributed by atoms with Crippen molar-refractivity contribution in [1.29, 1.82) is 0 Å². The summed E-state index contributed by atoms with van der Waals surface area (Å²) in [6.45, 7) is 0. The molecule has 0 atom stereocenters. The fourth-order valence-corrected chi connectivity index (χ4v) is 2.56. The van der Waals surface area contributed by atoms with Crippen molar-refractivity contribution in [2.75, 3.05) is 7.11 Å². The molecule has 126 valence electrons. The molecular formula is C15H11F3N2O3S. The first-order chi connectivity index (χ1) is 11.3. The third-order valence-corrected chi connectivity index (χ3v) is 3.87. The molecule has 0 saturated carbocycles. The zero-order chi connectivity index (χ0) is 17.7. The molecule has 0 N–H and O–H groups in total. The average Bonchev–Trinajstić information content (AvgIpc) is 2.99. The fraction of sp³-hybridized carbons (Fsp3) is 0.133. The van der Waals surface area contributed by atoms with Gasteiger partial charge in [-0.05, 0) is 18.2 Å². The number of thiazole rings is 1. The van der Waals surface area contributed by atoms with E-state index >= 15 is 0 Å². The Morgan fingerprint density at radius 2 is 1.83 bits per heavy atom. The number of aromatic nitrogens is 1. The molecule has 2 aromatic carbocycles. The number of nitrogens with zero attached hydrogens (tertiary/aromatic N) is 2. The van der Waals surface area contributed by atoms with Crippen LogP contribution in [0.2, 0.25) is 0 Å². The van der Waals surface area contributed by atoms with Crippen molar-refractivity contribution in [3.63, 3.8) is 0 Å². The van der Waals surface area contributed by atoms with Gasteiger partial charge in [-0.2, -0.15) is 13.2 Å². The van der Waals surface area contributed by atoms with Gasteiger partial charge in [0, 0.05) is 12.1 Å². The second kappa shape index (κ2) is 7.26. The largest absolute Gasteiger partial charge is 0.497 e. The van der Waals surface area contributed by atoms with Gasteiger partial charge in [-0.25, -0.2) is 4.98 Å². The molecule has 0 spiro atoms. The Hall–Kier alpha value is -2.68. The van der Waals surface area contributed by atoms with Crippen molar-refractivity contribution in [3.8, 4) is 5.75 Å². The highest BCUT2D eigenvalue weighted by Gasteiger charge is 2.34. The number of methoxy groups -OCH3 is 1. The van der Waals surface area contributed by atoms with Gasteiger partial charge in [-0.15, -0.1) is 11.3 Å². The minimum absolute atomic E-state index is 0.137. The lowest BCUT2D eigenvalue weighted by molar-refractivity contribution is -0.384. The summed E-state index contributed by atoms with van der Waals surface area (Å²) in [5.41, 5.74) is 0.477. The maximum atomic E-state index is 12.3. The van der Waals surface area contributed by atoms with Crippen LogP contribution in [0.25, 0.3) is 10.2 Å². The quantitative estimate of drug-likeness (QED) is 0.483.